The number of hydrogen-bond acceptors (Lipinski definition) is 4. The Labute approximate surface area is 107 Å². The molecule has 1 aliphatic heterocycles. The van der Waals surface area contributed by atoms with Gasteiger partial charge in [-0.25, -0.2) is 4.79 Å². The minimum absolute atomic E-state index is 0.254. The molecule has 0 aromatic heterocycles. The molecule has 1 saturated heterocycles. The summed E-state index contributed by atoms with van der Waals surface area (Å²) in [5, 5.41) is 8.80. The Kier molecular flexibility index (Phi) is 5.91. The van der Waals surface area contributed by atoms with Gasteiger partial charge in [0.25, 0.3) is 0 Å². The first kappa shape index (κ1) is 14.8. The molecule has 104 valence electrons. The molecule has 0 aromatic rings. The first-order valence-electron chi connectivity index (χ1n) is 6.41. The molecule has 1 aliphatic rings. The highest BCUT2D eigenvalue weighted by atomic mass is 16.6. The standard InChI is InChI=1S/C12H22N2O4/c1-3-18-12(17)14-8-6-13(7-9-14)5-4-10(2)11(15)16/h10H,3-9H2,1-2H3,(H,15,16). The van der Waals surface area contributed by atoms with Gasteiger partial charge >= 0.3 is 12.1 Å². The molecule has 1 heterocycles. The van der Waals surface area contributed by atoms with Gasteiger partial charge in [0.15, 0.2) is 0 Å². The molecular weight excluding hydrogens is 236 g/mol. The van der Waals surface area contributed by atoms with E-state index in [0.29, 0.717) is 26.1 Å². The van der Waals surface area contributed by atoms with Gasteiger partial charge in [0.05, 0.1) is 12.5 Å². The van der Waals surface area contributed by atoms with Crippen LogP contribution in [0.1, 0.15) is 20.3 Å². The zero-order valence-electron chi connectivity index (χ0n) is 11.1. The van der Waals surface area contributed by atoms with Crippen LogP contribution in [0.2, 0.25) is 0 Å². The van der Waals surface area contributed by atoms with Crippen molar-refractivity contribution in [2.75, 3.05) is 39.3 Å². The molecule has 0 saturated carbocycles. The minimum atomic E-state index is -0.750. The predicted molar refractivity (Wildman–Crippen MR) is 66.5 cm³/mol. The van der Waals surface area contributed by atoms with E-state index in [1.165, 1.54) is 0 Å². The Morgan fingerprint density at radius 2 is 1.89 bits per heavy atom. The summed E-state index contributed by atoms with van der Waals surface area (Å²) in [5.41, 5.74) is 0. The Hall–Kier alpha value is -1.30. The van der Waals surface area contributed by atoms with Crippen LogP contribution in [0.15, 0.2) is 0 Å². The smallest absolute Gasteiger partial charge is 0.409 e. The van der Waals surface area contributed by atoms with Gasteiger partial charge in [-0.1, -0.05) is 6.92 Å². The van der Waals surface area contributed by atoms with E-state index in [1.54, 1.807) is 18.7 Å². The van der Waals surface area contributed by atoms with Gasteiger partial charge in [0.1, 0.15) is 0 Å². The van der Waals surface area contributed by atoms with Crippen LogP contribution in [0.25, 0.3) is 0 Å². The van der Waals surface area contributed by atoms with Crippen LogP contribution < -0.4 is 0 Å². The second kappa shape index (κ2) is 7.20. The predicted octanol–water partition coefficient (Wildman–Crippen LogP) is 0.871. The molecule has 0 aliphatic carbocycles. The first-order chi connectivity index (χ1) is 8.54. The number of carbonyl (C=O) groups is 2. The highest BCUT2D eigenvalue weighted by Crippen LogP contribution is 2.08. The van der Waals surface area contributed by atoms with E-state index in [2.05, 4.69) is 4.90 Å². The normalized spacial score (nSPS) is 18.4. The van der Waals surface area contributed by atoms with Crippen LogP contribution in [0, 0.1) is 5.92 Å². The van der Waals surface area contributed by atoms with Gasteiger partial charge < -0.3 is 14.7 Å². The molecule has 0 bridgehead atoms. The number of piperazine rings is 1. The second-order valence-corrected chi connectivity index (χ2v) is 4.56. The van der Waals surface area contributed by atoms with Gasteiger partial charge in [-0.15, -0.1) is 0 Å². The van der Waals surface area contributed by atoms with Gasteiger partial charge in [0.2, 0.25) is 0 Å². The lowest BCUT2D eigenvalue weighted by molar-refractivity contribution is -0.141. The SMILES string of the molecule is CCOC(=O)N1CCN(CCC(C)C(=O)O)CC1. The van der Waals surface area contributed by atoms with E-state index >= 15 is 0 Å². The van der Waals surface area contributed by atoms with Crippen molar-refractivity contribution in [3.63, 3.8) is 0 Å². The van der Waals surface area contributed by atoms with Crippen molar-refractivity contribution in [3.05, 3.63) is 0 Å². The van der Waals surface area contributed by atoms with Gasteiger partial charge in [-0.3, -0.25) is 9.69 Å². The zero-order chi connectivity index (χ0) is 13.5. The number of carboxylic acid groups (broad SMARTS) is 1. The highest BCUT2D eigenvalue weighted by Gasteiger charge is 2.22. The summed E-state index contributed by atoms with van der Waals surface area (Å²) in [6.07, 6.45) is 0.394. The molecule has 0 aromatic carbocycles. The fourth-order valence-corrected chi connectivity index (χ4v) is 1.87. The zero-order valence-corrected chi connectivity index (χ0v) is 11.1. The van der Waals surface area contributed by atoms with Crippen molar-refractivity contribution in [2.24, 2.45) is 5.92 Å². The number of amides is 1. The fourth-order valence-electron chi connectivity index (χ4n) is 1.87. The molecule has 1 atom stereocenters. The number of carboxylic acids is 1. The van der Waals surface area contributed by atoms with E-state index in [9.17, 15) is 9.59 Å². The van der Waals surface area contributed by atoms with Gasteiger partial charge in [-0.05, 0) is 19.9 Å². The molecule has 18 heavy (non-hydrogen) atoms. The summed E-state index contributed by atoms with van der Waals surface area (Å²) in [7, 11) is 0. The summed E-state index contributed by atoms with van der Waals surface area (Å²) < 4.78 is 4.94. The lowest BCUT2D eigenvalue weighted by Gasteiger charge is -2.34. The topological polar surface area (TPSA) is 70.1 Å². The Morgan fingerprint density at radius 1 is 1.28 bits per heavy atom. The maximum atomic E-state index is 11.5. The molecule has 6 nitrogen and oxygen atoms in total. The van der Waals surface area contributed by atoms with Crippen molar-refractivity contribution in [1.29, 1.82) is 0 Å². The molecule has 0 radical (unpaired) electrons. The first-order valence-corrected chi connectivity index (χ1v) is 6.41. The van der Waals surface area contributed by atoms with Crippen molar-refractivity contribution in [3.8, 4) is 0 Å². The van der Waals surface area contributed by atoms with Crippen molar-refractivity contribution in [1.82, 2.24) is 9.80 Å². The highest BCUT2D eigenvalue weighted by molar-refractivity contribution is 5.69. The third-order valence-electron chi connectivity index (χ3n) is 3.20. The molecular formula is C12H22N2O4. The molecule has 1 unspecified atom stereocenters. The van der Waals surface area contributed by atoms with Crippen LogP contribution in [0.3, 0.4) is 0 Å². The summed E-state index contributed by atoms with van der Waals surface area (Å²) >= 11 is 0. The maximum absolute atomic E-state index is 11.5. The lowest BCUT2D eigenvalue weighted by atomic mass is 10.1. The monoisotopic (exact) mass is 258 g/mol. The maximum Gasteiger partial charge on any atom is 0.409 e. The molecule has 0 spiro atoms. The summed E-state index contributed by atoms with van der Waals surface area (Å²) in [5.74, 6) is -1.06. The summed E-state index contributed by atoms with van der Waals surface area (Å²) in [6.45, 7) is 7.55. The number of nitrogens with zero attached hydrogens (tertiary/aromatic N) is 2. The van der Waals surface area contributed by atoms with Crippen molar-refractivity contribution < 1.29 is 19.4 Å². The van der Waals surface area contributed by atoms with Crippen molar-refractivity contribution in [2.45, 2.75) is 20.3 Å². The second-order valence-electron chi connectivity index (χ2n) is 4.56. The molecule has 1 amide bonds. The summed E-state index contributed by atoms with van der Waals surface area (Å²) in [6, 6.07) is 0. The Morgan fingerprint density at radius 3 is 2.39 bits per heavy atom. The van der Waals surface area contributed by atoms with E-state index in [0.717, 1.165) is 19.6 Å². The summed E-state index contributed by atoms with van der Waals surface area (Å²) in [4.78, 5) is 26.0. The molecule has 6 heteroatoms. The molecule has 1 N–H and O–H groups in total. The number of rotatable bonds is 5. The average molecular weight is 258 g/mol. The minimum Gasteiger partial charge on any atom is -0.481 e. The fraction of sp³-hybridized carbons (Fsp3) is 0.833. The van der Waals surface area contributed by atoms with Crippen LogP contribution in [0.4, 0.5) is 4.79 Å². The van der Waals surface area contributed by atoms with Gasteiger partial charge in [-0.2, -0.15) is 0 Å². The van der Waals surface area contributed by atoms with E-state index in [4.69, 9.17) is 9.84 Å². The van der Waals surface area contributed by atoms with Crippen LogP contribution in [-0.4, -0.2) is 66.3 Å². The number of ether oxygens (including phenoxy) is 1. The number of aliphatic carboxylic acids is 1. The van der Waals surface area contributed by atoms with Gasteiger partial charge in [0, 0.05) is 26.2 Å². The Bertz CT molecular complexity index is 288. The molecule has 1 rings (SSSR count). The number of carbonyl (C=O) groups excluding carboxylic acids is 1. The average Bonchev–Trinajstić information content (AvgIpc) is 2.36. The lowest BCUT2D eigenvalue weighted by Crippen LogP contribution is -2.49. The van der Waals surface area contributed by atoms with E-state index in [-0.39, 0.29) is 12.0 Å². The van der Waals surface area contributed by atoms with E-state index in [1.807, 2.05) is 0 Å². The van der Waals surface area contributed by atoms with Crippen LogP contribution in [0.5, 0.6) is 0 Å². The molecule has 1 fully saturated rings. The third-order valence-corrected chi connectivity index (χ3v) is 3.20. The number of hydrogen-bond donors (Lipinski definition) is 1. The largest absolute Gasteiger partial charge is 0.481 e. The van der Waals surface area contributed by atoms with Crippen LogP contribution in [-0.2, 0) is 9.53 Å². The van der Waals surface area contributed by atoms with Crippen molar-refractivity contribution >= 4 is 12.1 Å². The Balaban J connectivity index is 2.23. The van der Waals surface area contributed by atoms with Crippen LogP contribution >= 0.6 is 0 Å². The van der Waals surface area contributed by atoms with E-state index < -0.39 is 5.97 Å². The quantitative estimate of drug-likeness (QED) is 0.792. The third kappa shape index (κ3) is 4.52.